The molecule has 0 fully saturated rings. The molecular weight excluding hydrogens is 266 g/mol. The van der Waals surface area contributed by atoms with Crippen LogP contribution in [-0.2, 0) is 0 Å². The molecule has 0 unspecified atom stereocenters. The quantitative estimate of drug-likeness (QED) is 0.426. The van der Waals surface area contributed by atoms with E-state index in [0.29, 0.717) is 5.75 Å². The van der Waals surface area contributed by atoms with Crippen LogP contribution in [0.3, 0.4) is 0 Å². The minimum Gasteiger partial charge on any atom is -1.00 e. The van der Waals surface area contributed by atoms with Crippen LogP contribution >= 0.6 is 0 Å². The fraction of sp³-hybridized carbons (Fsp3) is 0. The van der Waals surface area contributed by atoms with Gasteiger partial charge in [-0.1, -0.05) is 6.07 Å². The monoisotopic (exact) mass is 275 g/mol. The number of halogens is 1. The van der Waals surface area contributed by atoms with Gasteiger partial charge in [-0.15, -0.1) is 0 Å². The highest BCUT2D eigenvalue weighted by Gasteiger charge is 2.06. The first-order chi connectivity index (χ1) is 7.34. The normalized spacial score (nSPS) is 10.2. The summed E-state index contributed by atoms with van der Waals surface area (Å²) in [7, 11) is 0. The van der Waals surface area contributed by atoms with Crippen molar-refractivity contribution < 1.29 is 26.5 Å². The van der Waals surface area contributed by atoms with E-state index in [2.05, 4.69) is 0 Å². The van der Waals surface area contributed by atoms with Gasteiger partial charge in [-0.05, 0) is 18.2 Å². The molecule has 1 N–H and O–H groups in total. The summed E-state index contributed by atoms with van der Waals surface area (Å²) < 4.78 is 2.04. The Labute approximate surface area is 104 Å². The maximum absolute atomic E-state index is 9.72. The van der Waals surface area contributed by atoms with E-state index in [1.54, 1.807) is 6.07 Å². The summed E-state index contributed by atoms with van der Waals surface area (Å²) >= 11 is 0. The standard InChI is InChI=1S/C13H9NO.BrH/c15-13-6-3-4-10-9-14-7-2-1-5-11(14)8-12(10)13;/h1-9H;1H. The number of aromatic hydroxyl groups is 1. The number of hydrogen-bond acceptors (Lipinski definition) is 1. The van der Waals surface area contributed by atoms with E-state index in [9.17, 15) is 5.11 Å². The molecule has 16 heavy (non-hydrogen) atoms. The Morgan fingerprint density at radius 3 is 2.75 bits per heavy atom. The molecule has 2 nitrogen and oxygen atoms in total. The average Bonchev–Trinajstić information content (AvgIpc) is 2.27. The molecule has 0 atom stereocenters. The van der Waals surface area contributed by atoms with Gasteiger partial charge >= 0.3 is 0 Å². The van der Waals surface area contributed by atoms with Crippen molar-refractivity contribution in [3.63, 3.8) is 0 Å². The minimum absolute atomic E-state index is 0. The molecule has 3 aromatic rings. The number of pyridine rings is 2. The lowest BCUT2D eigenvalue weighted by atomic mass is 10.1. The molecule has 3 rings (SSSR count). The van der Waals surface area contributed by atoms with E-state index in [1.807, 2.05) is 53.2 Å². The number of hydrogen-bond donors (Lipinski definition) is 1. The zero-order valence-electron chi connectivity index (χ0n) is 8.47. The average molecular weight is 276 g/mol. The molecule has 0 saturated carbocycles. The van der Waals surface area contributed by atoms with Crippen LogP contribution in [0.2, 0.25) is 0 Å². The van der Waals surface area contributed by atoms with Gasteiger partial charge in [-0.2, -0.15) is 4.40 Å². The predicted octanol–water partition coefficient (Wildman–Crippen LogP) is -0.712. The Bertz CT molecular complexity index is 652. The molecule has 0 radical (unpaired) electrons. The molecule has 0 aliphatic carbocycles. The predicted molar refractivity (Wildman–Crippen MR) is 58.8 cm³/mol. The highest BCUT2D eigenvalue weighted by Crippen LogP contribution is 2.23. The second-order valence-corrected chi connectivity index (χ2v) is 3.59. The van der Waals surface area contributed by atoms with Crippen LogP contribution in [0.5, 0.6) is 5.75 Å². The van der Waals surface area contributed by atoms with Gasteiger partial charge in [0.2, 0.25) is 5.52 Å². The second-order valence-electron chi connectivity index (χ2n) is 3.59. The van der Waals surface area contributed by atoms with Crippen molar-refractivity contribution in [1.82, 2.24) is 0 Å². The molecule has 3 heteroatoms. The number of phenolic OH excluding ortho intramolecular Hbond substituents is 1. The van der Waals surface area contributed by atoms with Crippen molar-refractivity contribution in [2.24, 2.45) is 0 Å². The number of phenols is 1. The molecule has 1 aromatic carbocycles. The molecule has 0 saturated heterocycles. The van der Waals surface area contributed by atoms with Gasteiger partial charge in [0.1, 0.15) is 5.75 Å². The van der Waals surface area contributed by atoms with E-state index < -0.39 is 0 Å². The summed E-state index contributed by atoms with van der Waals surface area (Å²) in [6.07, 6.45) is 4.02. The molecule has 0 aliphatic rings. The summed E-state index contributed by atoms with van der Waals surface area (Å²) in [5.41, 5.74) is 1.08. The topological polar surface area (TPSA) is 24.3 Å². The first kappa shape index (κ1) is 10.9. The van der Waals surface area contributed by atoms with Crippen molar-refractivity contribution in [3.8, 4) is 5.75 Å². The highest BCUT2D eigenvalue weighted by atomic mass is 79.9. The van der Waals surface area contributed by atoms with Crippen LogP contribution < -0.4 is 21.4 Å². The Balaban J connectivity index is 0.000000963. The van der Waals surface area contributed by atoms with Crippen molar-refractivity contribution in [2.45, 2.75) is 0 Å². The second kappa shape index (κ2) is 4.10. The van der Waals surface area contributed by atoms with Crippen LogP contribution in [0.15, 0.2) is 54.9 Å². The summed E-state index contributed by atoms with van der Waals surface area (Å²) in [4.78, 5) is 0. The number of fused-ring (bicyclic) bond motifs is 2. The molecule has 2 heterocycles. The fourth-order valence-corrected chi connectivity index (χ4v) is 1.85. The van der Waals surface area contributed by atoms with Crippen molar-refractivity contribution in [3.05, 3.63) is 54.9 Å². The summed E-state index contributed by atoms with van der Waals surface area (Å²) in [5, 5.41) is 11.7. The van der Waals surface area contributed by atoms with Gasteiger partial charge in [-0.3, -0.25) is 0 Å². The minimum atomic E-state index is 0. The molecule has 2 aromatic heterocycles. The van der Waals surface area contributed by atoms with E-state index in [0.717, 1.165) is 16.3 Å². The van der Waals surface area contributed by atoms with Crippen LogP contribution in [0.4, 0.5) is 0 Å². The summed E-state index contributed by atoms with van der Waals surface area (Å²) in [6.45, 7) is 0. The Hall–Kier alpha value is -1.61. The van der Waals surface area contributed by atoms with Gasteiger partial charge < -0.3 is 22.1 Å². The highest BCUT2D eigenvalue weighted by molar-refractivity contribution is 5.88. The maximum Gasteiger partial charge on any atom is 0.211 e. The molecule has 0 amide bonds. The fourth-order valence-electron chi connectivity index (χ4n) is 1.85. The Kier molecular flexibility index (Phi) is 2.79. The third-order valence-corrected chi connectivity index (χ3v) is 2.61. The summed E-state index contributed by atoms with van der Waals surface area (Å²) in [5.74, 6) is 0.332. The van der Waals surface area contributed by atoms with E-state index >= 15 is 0 Å². The number of rotatable bonds is 0. The first-order valence-corrected chi connectivity index (χ1v) is 4.86. The molecule has 0 bridgehead atoms. The zero-order valence-corrected chi connectivity index (χ0v) is 10.1. The third-order valence-electron chi connectivity index (χ3n) is 2.61. The lowest BCUT2D eigenvalue weighted by molar-refractivity contribution is -0.510. The van der Waals surface area contributed by atoms with Gasteiger partial charge in [0.25, 0.3) is 0 Å². The Morgan fingerprint density at radius 1 is 1.00 bits per heavy atom. The zero-order chi connectivity index (χ0) is 10.3. The molecule has 80 valence electrons. The van der Waals surface area contributed by atoms with E-state index in [1.165, 1.54) is 0 Å². The van der Waals surface area contributed by atoms with Crippen LogP contribution in [-0.4, -0.2) is 5.11 Å². The number of benzene rings is 1. The van der Waals surface area contributed by atoms with Crippen molar-refractivity contribution in [2.75, 3.05) is 0 Å². The smallest absolute Gasteiger partial charge is 0.211 e. The molecule has 0 spiro atoms. The lowest BCUT2D eigenvalue weighted by Crippen LogP contribution is -3.00. The largest absolute Gasteiger partial charge is 1.00 e. The summed E-state index contributed by atoms with van der Waals surface area (Å²) in [6, 6.07) is 13.5. The Morgan fingerprint density at radius 2 is 1.88 bits per heavy atom. The van der Waals surface area contributed by atoms with Gasteiger partial charge in [-0.25, -0.2) is 0 Å². The van der Waals surface area contributed by atoms with Crippen molar-refractivity contribution in [1.29, 1.82) is 0 Å². The van der Waals surface area contributed by atoms with Gasteiger partial charge in [0, 0.05) is 29.0 Å². The van der Waals surface area contributed by atoms with Crippen molar-refractivity contribution >= 4 is 16.3 Å². The SMILES string of the molecule is Oc1cccc2c[n+]3ccccc3cc12.[Br-]. The molecule has 0 aliphatic heterocycles. The first-order valence-electron chi connectivity index (χ1n) is 4.86. The third kappa shape index (κ3) is 1.63. The molecular formula is C13H10BrNO. The van der Waals surface area contributed by atoms with Crippen LogP contribution in [0.1, 0.15) is 0 Å². The van der Waals surface area contributed by atoms with Crippen LogP contribution in [0, 0.1) is 0 Å². The number of aromatic nitrogens is 1. The number of nitrogens with zero attached hydrogens (tertiary/aromatic N) is 1. The van der Waals surface area contributed by atoms with Gasteiger partial charge in [0.15, 0.2) is 12.4 Å². The maximum atomic E-state index is 9.72. The van der Waals surface area contributed by atoms with E-state index in [-0.39, 0.29) is 17.0 Å². The van der Waals surface area contributed by atoms with Gasteiger partial charge in [0.05, 0.1) is 0 Å². The van der Waals surface area contributed by atoms with Crippen LogP contribution in [0.25, 0.3) is 16.3 Å². The lowest BCUT2D eigenvalue weighted by Gasteiger charge is -1.98. The van der Waals surface area contributed by atoms with E-state index in [4.69, 9.17) is 0 Å².